The molecular formula is C100H88N8O2PRh4S-. The van der Waals surface area contributed by atoms with Crippen molar-refractivity contribution in [2.75, 3.05) is 22.1 Å². The third kappa shape index (κ3) is 19.2. The van der Waals surface area contributed by atoms with Crippen LogP contribution in [0.25, 0.3) is 49.8 Å². The molecule has 0 fully saturated rings. The van der Waals surface area contributed by atoms with E-state index in [1.165, 1.54) is 72.3 Å². The molecule has 0 spiro atoms. The molecule has 4 radical (unpaired) electrons. The van der Waals surface area contributed by atoms with E-state index in [-0.39, 0.29) is 77.9 Å². The molecular weight excluding hydrogens is 1820 g/mol. The van der Waals surface area contributed by atoms with Crippen LogP contribution in [0, 0.1) is 102 Å². The van der Waals surface area contributed by atoms with Crippen molar-refractivity contribution >= 4 is 68.8 Å². The van der Waals surface area contributed by atoms with E-state index < -0.39 is 7.14 Å². The van der Waals surface area contributed by atoms with E-state index in [1.807, 2.05) is 200 Å². The maximum atomic E-state index is 15.1. The normalized spacial score (nSPS) is 14.3. The quantitative estimate of drug-likeness (QED) is 0.0645. The maximum Gasteiger partial charge on any atom is 2.00 e. The van der Waals surface area contributed by atoms with Crippen LogP contribution in [0.3, 0.4) is 0 Å². The van der Waals surface area contributed by atoms with Crippen molar-refractivity contribution in [2.24, 2.45) is 20.3 Å². The molecule has 0 aromatic heterocycles. The van der Waals surface area contributed by atoms with E-state index in [2.05, 4.69) is 227 Å². The van der Waals surface area contributed by atoms with E-state index in [0.29, 0.717) is 11.4 Å². The molecule has 0 amide bonds. The van der Waals surface area contributed by atoms with Crippen molar-refractivity contribution in [3.05, 3.63) is 445 Å². The molecule has 0 aliphatic carbocycles. The minimum atomic E-state index is -3.18. The molecule has 1 atom stereocenters. The minimum Gasteiger partial charge on any atom is -0.626 e. The fourth-order valence-corrected chi connectivity index (χ4v) is 18.8. The van der Waals surface area contributed by atoms with Gasteiger partial charge in [0.25, 0.3) is 0 Å². The molecule has 17 rings (SSSR count). The third-order valence-electron chi connectivity index (χ3n) is 20.3. The van der Waals surface area contributed by atoms with Crippen LogP contribution in [0.5, 0.6) is 0 Å². The van der Waals surface area contributed by atoms with Gasteiger partial charge in [-0.25, -0.2) is 5.10 Å². The van der Waals surface area contributed by atoms with Gasteiger partial charge < -0.3 is 29.2 Å². The predicted octanol–water partition coefficient (Wildman–Crippen LogP) is 24.6. The van der Waals surface area contributed by atoms with Gasteiger partial charge in [0.1, 0.15) is 5.84 Å². The SMILES string of the molecule is [CH2-]c1ccccc1C1=NC=C(c2c(C)cc(-c3ccccc3)cc2C)P1(=O)c1ccccc1.[CH2-]c1ccccc1N1[CH-]N(C)C(c2c(C)cc(-c3ccccc3)cc2C)=N1.[CH2-]c1ccccc1N1[CH-]OC(c2c(C)cc(-c3ccccc3)cc2C)=N1.[CH2-]c1ccccc1N1[CH-]SC(c2c(C)cc(-c3ccccc3)cc2C)=N1.[Rh+2].[Rh+2].[Rh+2].[Rh]. The van der Waals surface area contributed by atoms with Crippen LogP contribution < -0.4 is 20.3 Å². The summed E-state index contributed by atoms with van der Waals surface area (Å²) in [7, 11) is -1.15. The average Bonchev–Trinajstić information content (AvgIpc) is 1.55. The van der Waals surface area contributed by atoms with Gasteiger partial charge in [-0.05, 0) is 157 Å². The molecule has 0 saturated heterocycles. The Morgan fingerprint density at radius 2 is 0.716 bits per heavy atom. The van der Waals surface area contributed by atoms with Gasteiger partial charge in [-0.1, -0.05) is 272 Å². The number of benzene rings is 13. The van der Waals surface area contributed by atoms with Crippen LogP contribution in [-0.4, -0.2) is 34.2 Å². The number of aryl methyl sites for hydroxylation is 8. The van der Waals surface area contributed by atoms with Crippen molar-refractivity contribution in [2.45, 2.75) is 55.4 Å². The predicted molar refractivity (Wildman–Crippen MR) is 474 cm³/mol. The second-order valence-electron chi connectivity index (χ2n) is 28.3. The third-order valence-corrected chi connectivity index (χ3v) is 24.1. The number of nitrogens with zero attached hydrogens (tertiary/aromatic N) is 8. The summed E-state index contributed by atoms with van der Waals surface area (Å²) in [5.41, 5.74) is 31.6. The monoisotopic (exact) mass is 1910 g/mol. The number of anilines is 3. The molecule has 13 aromatic carbocycles. The van der Waals surface area contributed by atoms with Gasteiger partial charge in [-0.2, -0.15) is 90.3 Å². The van der Waals surface area contributed by atoms with Gasteiger partial charge in [0.05, 0.1) is 10.5 Å². The molecule has 116 heavy (non-hydrogen) atoms. The zero-order valence-corrected chi connectivity index (χ0v) is 74.3. The number of thioether (sulfide) groups is 1. The smallest absolute Gasteiger partial charge is 0.626 e. The Morgan fingerprint density at radius 1 is 0.371 bits per heavy atom. The van der Waals surface area contributed by atoms with Crippen LogP contribution in [-0.2, 0) is 87.2 Å². The van der Waals surface area contributed by atoms with Crippen LogP contribution >= 0.6 is 18.9 Å². The molecule has 16 heteroatoms. The molecule has 0 saturated carbocycles. The van der Waals surface area contributed by atoms with E-state index in [0.717, 1.165) is 105 Å². The molecule has 0 N–H and O–H groups in total. The number of hydrazone groups is 3. The number of para-hydroxylation sites is 3. The Kier molecular flexibility index (Phi) is 30.1. The van der Waals surface area contributed by atoms with Crippen LogP contribution in [0.2, 0.25) is 0 Å². The van der Waals surface area contributed by atoms with Gasteiger partial charge in [-0.15, -0.1) is 37.0 Å². The summed E-state index contributed by atoms with van der Waals surface area (Å²) in [5, 5.41) is 22.5. The van der Waals surface area contributed by atoms with Crippen molar-refractivity contribution in [1.82, 2.24) is 4.90 Å². The summed E-state index contributed by atoms with van der Waals surface area (Å²) in [6.45, 7) is 37.1. The second kappa shape index (κ2) is 39.7. The fourth-order valence-electron chi connectivity index (χ4n) is 14.9. The molecule has 10 nitrogen and oxygen atoms in total. The molecule has 4 aliphatic rings. The first-order chi connectivity index (χ1) is 54.3. The Labute approximate surface area is 741 Å². The topological polar surface area (TPSA) is 88.7 Å². The summed E-state index contributed by atoms with van der Waals surface area (Å²) >= 11 is 1.66. The van der Waals surface area contributed by atoms with Gasteiger partial charge in [0, 0.05) is 53.0 Å². The van der Waals surface area contributed by atoms with Crippen molar-refractivity contribution in [3.63, 3.8) is 0 Å². The summed E-state index contributed by atoms with van der Waals surface area (Å²) in [6, 6.07) is 101. The zero-order chi connectivity index (χ0) is 78.2. The van der Waals surface area contributed by atoms with Gasteiger partial charge in [-0.3, -0.25) is 16.8 Å². The van der Waals surface area contributed by atoms with E-state index in [1.54, 1.807) is 23.5 Å². The molecule has 0 bridgehead atoms. The molecule has 1 unspecified atom stereocenters. The van der Waals surface area contributed by atoms with Crippen molar-refractivity contribution in [1.29, 1.82) is 0 Å². The second-order valence-corrected chi connectivity index (χ2v) is 31.8. The van der Waals surface area contributed by atoms with E-state index in [9.17, 15) is 0 Å². The Hall–Kier alpha value is -10.2. The van der Waals surface area contributed by atoms with Crippen LogP contribution in [0.15, 0.2) is 324 Å². The molecule has 4 aliphatic heterocycles. The van der Waals surface area contributed by atoms with Crippen LogP contribution in [0.4, 0.5) is 17.1 Å². The van der Waals surface area contributed by atoms with Gasteiger partial charge >= 0.3 is 58.4 Å². The summed E-state index contributed by atoms with van der Waals surface area (Å²) in [6.07, 6.45) is 1.81. The maximum absolute atomic E-state index is 15.1. The van der Waals surface area contributed by atoms with Crippen LogP contribution in [0.1, 0.15) is 94.6 Å². The zero-order valence-electron chi connectivity index (χ0n) is 66.0. The molecule has 4 heterocycles. The van der Waals surface area contributed by atoms with Crippen molar-refractivity contribution < 1.29 is 87.2 Å². The van der Waals surface area contributed by atoms with Crippen molar-refractivity contribution in [3.8, 4) is 44.5 Å². The average molecular weight is 1910 g/mol. The summed E-state index contributed by atoms with van der Waals surface area (Å²) in [4.78, 5) is 6.84. The molecule has 588 valence electrons. The Bertz CT molecular complexity index is 5610. The number of hydrogen-bond acceptors (Lipinski definition) is 11. The number of amidine groups is 1. The number of rotatable bonds is 13. The standard InChI is InChI=1S/C30H25NOP.C24H23N3.C23H20N2O.C23H20N2S.4Rh/c1-21-12-10-11-17-27(21)30-31-20-28(33(30,32)26-15-8-5-9-16-26)29-22(2)18-25(19-23(29)3)24-13-6-4-7-14-24;1-17-10-8-9-13-22(17)27-16-26(4)24(25-27)23-18(2)14-21(15-19(23)3)20-11-6-5-7-12-20;2*1-16-9-7-8-12-21(16)25-15-26-23(24-25)22-17(2)13-20(14-18(22)3)19-10-5-4-6-11-19;;;;/h4-20H,1H2,2-3H3;5-16H,1H2,2-4H3;2*4-15H,1H2,2-3H3;;;;/q-1;3*-2;;3*+2. The Balaban J connectivity index is 0.000000162. The Morgan fingerprint density at radius 3 is 1.13 bits per heavy atom. The molecule has 13 aromatic rings. The summed E-state index contributed by atoms with van der Waals surface area (Å²) < 4.78 is 20.9. The van der Waals surface area contributed by atoms with Gasteiger partial charge in [0.2, 0.25) is 5.90 Å². The summed E-state index contributed by atoms with van der Waals surface area (Å²) in [5.74, 6) is 3.61. The fraction of sp³-hybridized carbons (Fsp3) is 0.0900. The van der Waals surface area contributed by atoms with E-state index >= 15 is 4.57 Å². The first kappa shape index (κ1) is 88.2. The van der Waals surface area contributed by atoms with E-state index in [4.69, 9.17) is 19.9 Å². The first-order valence-corrected chi connectivity index (χ1v) is 39.9. The number of ether oxygens (including phenoxy) is 1. The number of aliphatic imine (C=N–C) groups is 1. The number of hydrogen-bond donors (Lipinski definition) is 0. The first-order valence-electron chi connectivity index (χ1n) is 37.3. The largest absolute Gasteiger partial charge is 2.00 e. The minimum absolute atomic E-state index is 0. The van der Waals surface area contributed by atoms with Gasteiger partial charge in [0.15, 0.2) is 7.14 Å².